The molecule has 0 bridgehead atoms. The number of hydrogen-bond donors (Lipinski definition) is 2. The van der Waals surface area contributed by atoms with Crippen molar-refractivity contribution in [2.45, 2.75) is 13.0 Å². The Bertz CT molecular complexity index is 494. The molecule has 0 amide bonds. The molecule has 3 nitrogen and oxygen atoms in total. The van der Waals surface area contributed by atoms with Crippen LogP contribution in [0, 0.1) is 11.6 Å². The van der Waals surface area contributed by atoms with E-state index >= 15 is 0 Å². The Balaban J connectivity index is 2.20. The van der Waals surface area contributed by atoms with E-state index in [0.717, 1.165) is 11.8 Å². The van der Waals surface area contributed by atoms with Gasteiger partial charge in [0.25, 0.3) is 0 Å². The molecule has 0 aliphatic heterocycles. The largest absolute Gasteiger partial charge is 0.345 e. The van der Waals surface area contributed by atoms with E-state index in [1.54, 1.807) is 6.20 Å². The zero-order valence-electron chi connectivity index (χ0n) is 8.50. The fourth-order valence-corrected chi connectivity index (χ4v) is 1.44. The molecule has 1 aromatic carbocycles. The number of benzene rings is 1. The van der Waals surface area contributed by atoms with E-state index in [2.05, 4.69) is 9.97 Å². The first kappa shape index (κ1) is 10.8. The van der Waals surface area contributed by atoms with Crippen molar-refractivity contribution in [3.05, 3.63) is 53.1 Å². The van der Waals surface area contributed by atoms with E-state index in [9.17, 15) is 8.78 Å². The van der Waals surface area contributed by atoms with E-state index in [1.807, 2.05) is 0 Å². The van der Waals surface area contributed by atoms with E-state index in [4.69, 9.17) is 5.73 Å². The molecular weight excluding hydrogens is 212 g/mol. The lowest BCUT2D eigenvalue weighted by Crippen LogP contribution is -1.98. The molecule has 0 unspecified atom stereocenters. The molecule has 0 aliphatic carbocycles. The second-order valence-corrected chi connectivity index (χ2v) is 3.47. The van der Waals surface area contributed by atoms with Crippen molar-refractivity contribution in [2.24, 2.45) is 5.73 Å². The minimum atomic E-state index is -0.580. The van der Waals surface area contributed by atoms with Crippen LogP contribution in [0.5, 0.6) is 0 Å². The van der Waals surface area contributed by atoms with Gasteiger partial charge in [0.15, 0.2) is 0 Å². The summed E-state index contributed by atoms with van der Waals surface area (Å²) < 4.78 is 26.0. The van der Waals surface area contributed by atoms with Crippen LogP contribution in [-0.4, -0.2) is 9.97 Å². The smallest absolute Gasteiger partial charge is 0.129 e. The lowest BCUT2D eigenvalue weighted by atomic mass is 10.1. The number of nitrogens with two attached hydrogens (primary N) is 1. The monoisotopic (exact) mass is 223 g/mol. The predicted molar refractivity (Wildman–Crippen MR) is 55.6 cm³/mol. The molecule has 0 fully saturated rings. The number of H-pyrrole nitrogens is 1. The third-order valence-electron chi connectivity index (χ3n) is 2.27. The summed E-state index contributed by atoms with van der Waals surface area (Å²) in [5.74, 6) is -0.528. The van der Waals surface area contributed by atoms with Gasteiger partial charge in [0, 0.05) is 30.9 Å². The van der Waals surface area contributed by atoms with Crippen LogP contribution in [0.25, 0.3) is 0 Å². The Morgan fingerprint density at radius 3 is 2.75 bits per heavy atom. The van der Waals surface area contributed by atoms with Crippen LogP contribution in [0.2, 0.25) is 0 Å². The van der Waals surface area contributed by atoms with Crippen LogP contribution < -0.4 is 5.73 Å². The molecule has 0 saturated carbocycles. The second kappa shape index (κ2) is 4.40. The molecule has 0 spiro atoms. The van der Waals surface area contributed by atoms with Crippen LogP contribution in [0.3, 0.4) is 0 Å². The summed E-state index contributed by atoms with van der Waals surface area (Å²) in [5, 5.41) is 0. The molecule has 1 heterocycles. The SMILES string of the molecule is NCc1cnc(Cc2ccc(F)cc2F)[nH]1. The highest BCUT2D eigenvalue weighted by molar-refractivity contribution is 5.22. The average molecular weight is 223 g/mol. The number of aromatic nitrogens is 2. The lowest BCUT2D eigenvalue weighted by Gasteiger charge is -2.00. The molecule has 84 valence electrons. The number of rotatable bonds is 3. The Morgan fingerprint density at radius 2 is 2.12 bits per heavy atom. The molecule has 16 heavy (non-hydrogen) atoms. The Labute approximate surface area is 91.3 Å². The normalized spacial score (nSPS) is 10.7. The van der Waals surface area contributed by atoms with Crippen molar-refractivity contribution < 1.29 is 8.78 Å². The molecule has 0 saturated heterocycles. The first-order valence-corrected chi connectivity index (χ1v) is 4.86. The van der Waals surface area contributed by atoms with Gasteiger partial charge in [-0.2, -0.15) is 0 Å². The van der Waals surface area contributed by atoms with Crippen LogP contribution >= 0.6 is 0 Å². The van der Waals surface area contributed by atoms with Crippen LogP contribution in [0.4, 0.5) is 8.78 Å². The standard InChI is InChI=1S/C11H11F2N3/c12-8-2-1-7(10(13)4-8)3-11-15-6-9(5-14)16-11/h1-2,4,6H,3,5,14H2,(H,15,16). The molecule has 0 aliphatic rings. The van der Waals surface area contributed by atoms with Gasteiger partial charge < -0.3 is 10.7 Å². The van der Waals surface area contributed by atoms with Gasteiger partial charge in [0.05, 0.1) is 0 Å². The van der Waals surface area contributed by atoms with Crippen molar-refractivity contribution in [1.29, 1.82) is 0 Å². The molecule has 1 aromatic heterocycles. The zero-order chi connectivity index (χ0) is 11.5. The predicted octanol–water partition coefficient (Wildman–Crippen LogP) is 1.74. The average Bonchev–Trinajstić information content (AvgIpc) is 2.70. The fourth-order valence-electron chi connectivity index (χ4n) is 1.44. The molecule has 2 aromatic rings. The first-order chi connectivity index (χ1) is 7.69. The number of nitrogens with one attached hydrogen (secondary N) is 1. The Kier molecular flexibility index (Phi) is 2.96. The summed E-state index contributed by atoms with van der Waals surface area (Å²) >= 11 is 0. The van der Waals surface area contributed by atoms with Crippen LogP contribution in [0.15, 0.2) is 24.4 Å². The third kappa shape index (κ3) is 2.25. The zero-order valence-corrected chi connectivity index (χ0v) is 8.50. The van der Waals surface area contributed by atoms with E-state index in [0.29, 0.717) is 24.4 Å². The summed E-state index contributed by atoms with van der Waals surface area (Å²) in [6, 6.07) is 3.50. The summed E-state index contributed by atoms with van der Waals surface area (Å²) in [5.41, 5.74) is 6.60. The van der Waals surface area contributed by atoms with Crippen LogP contribution in [-0.2, 0) is 13.0 Å². The second-order valence-electron chi connectivity index (χ2n) is 3.47. The van der Waals surface area contributed by atoms with Crippen molar-refractivity contribution in [1.82, 2.24) is 9.97 Å². The van der Waals surface area contributed by atoms with E-state index in [-0.39, 0.29) is 0 Å². The molecule has 0 atom stereocenters. The van der Waals surface area contributed by atoms with Gasteiger partial charge in [-0.3, -0.25) is 0 Å². The number of nitrogens with zero attached hydrogens (tertiary/aromatic N) is 1. The minimum Gasteiger partial charge on any atom is -0.345 e. The van der Waals surface area contributed by atoms with E-state index < -0.39 is 11.6 Å². The molecule has 5 heteroatoms. The number of hydrogen-bond acceptors (Lipinski definition) is 2. The maximum atomic E-state index is 13.3. The number of aromatic amines is 1. The Hall–Kier alpha value is -1.75. The number of imidazole rings is 1. The highest BCUT2D eigenvalue weighted by Crippen LogP contribution is 2.13. The maximum absolute atomic E-state index is 13.3. The topological polar surface area (TPSA) is 54.7 Å². The first-order valence-electron chi connectivity index (χ1n) is 4.86. The minimum absolute atomic E-state index is 0.298. The summed E-state index contributed by atoms with van der Waals surface area (Å²) in [6.07, 6.45) is 1.91. The fraction of sp³-hybridized carbons (Fsp3) is 0.182. The van der Waals surface area contributed by atoms with Crippen molar-refractivity contribution >= 4 is 0 Å². The maximum Gasteiger partial charge on any atom is 0.129 e. The van der Waals surface area contributed by atoms with Crippen molar-refractivity contribution in [3.8, 4) is 0 Å². The molecular formula is C11H11F2N3. The van der Waals surface area contributed by atoms with Gasteiger partial charge in [-0.15, -0.1) is 0 Å². The summed E-state index contributed by atoms with van der Waals surface area (Å²) in [6.45, 7) is 0.360. The lowest BCUT2D eigenvalue weighted by molar-refractivity contribution is 0.573. The number of halogens is 2. The highest BCUT2D eigenvalue weighted by Gasteiger charge is 2.07. The van der Waals surface area contributed by atoms with Gasteiger partial charge in [-0.1, -0.05) is 6.07 Å². The summed E-state index contributed by atoms with van der Waals surface area (Å²) in [4.78, 5) is 7.01. The summed E-state index contributed by atoms with van der Waals surface area (Å²) in [7, 11) is 0. The highest BCUT2D eigenvalue weighted by atomic mass is 19.1. The van der Waals surface area contributed by atoms with Gasteiger partial charge in [-0.05, 0) is 11.6 Å². The van der Waals surface area contributed by atoms with Gasteiger partial charge in [-0.25, -0.2) is 13.8 Å². The molecule has 3 N–H and O–H groups in total. The van der Waals surface area contributed by atoms with Crippen LogP contribution in [0.1, 0.15) is 17.1 Å². The van der Waals surface area contributed by atoms with Gasteiger partial charge >= 0.3 is 0 Å². The van der Waals surface area contributed by atoms with Crippen molar-refractivity contribution in [3.63, 3.8) is 0 Å². The molecule has 0 radical (unpaired) electrons. The molecule has 2 rings (SSSR count). The van der Waals surface area contributed by atoms with Crippen molar-refractivity contribution in [2.75, 3.05) is 0 Å². The quantitative estimate of drug-likeness (QED) is 0.832. The van der Waals surface area contributed by atoms with E-state index in [1.165, 1.54) is 12.1 Å². The Morgan fingerprint density at radius 1 is 1.31 bits per heavy atom. The van der Waals surface area contributed by atoms with Gasteiger partial charge in [0.2, 0.25) is 0 Å². The van der Waals surface area contributed by atoms with Gasteiger partial charge in [0.1, 0.15) is 17.5 Å². The third-order valence-corrected chi connectivity index (χ3v) is 2.27.